The lowest BCUT2D eigenvalue weighted by Crippen LogP contribution is -2.12. The maximum absolute atomic E-state index is 12.5. The zero-order valence-corrected chi connectivity index (χ0v) is 14.9. The number of carbonyl (C=O) groups is 1. The van der Waals surface area contributed by atoms with Gasteiger partial charge in [0, 0.05) is 30.9 Å². The molecular weight excluding hydrogens is 364 g/mol. The van der Waals surface area contributed by atoms with Crippen molar-refractivity contribution in [1.82, 2.24) is 24.5 Å². The van der Waals surface area contributed by atoms with Crippen LogP contribution in [0, 0.1) is 0 Å². The van der Waals surface area contributed by atoms with E-state index >= 15 is 0 Å². The van der Waals surface area contributed by atoms with Gasteiger partial charge in [-0.3, -0.25) is 14.5 Å². The summed E-state index contributed by atoms with van der Waals surface area (Å²) >= 11 is 6.17. The van der Waals surface area contributed by atoms with Crippen LogP contribution in [0.1, 0.15) is 15.9 Å². The highest BCUT2D eigenvalue weighted by atomic mass is 35.5. The molecule has 0 radical (unpaired) electrons. The fourth-order valence-electron chi connectivity index (χ4n) is 2.59. The molecule has 7 nitrogen and oxygen atoms in total. The van der Waals surface area contributed by atoms with E-state index in [-0.39, 0.29) is 5.91 Å². The van der Waals surface area contributed by atoms with Gasteiger partial charge in [0.25, 0.3) is 5.91 Å². The van der Waals surface area contributed by atoms with E-state index in [0.29, 0.717) is 28.6 Å². The summed E-state index contributed by atoms with van der Waals surface area (Å²) in [6.07, 6.45) is 8.40. The molecule has 8 heteroatoms. The number of aromatic nitrogens is 5. The lowest BCUT2D eigenvalue weighted by atomic mass is 10.3. The third-order valence-corrected chi connectivity index (χ3v) is 4.24. The third-order valence-electron chi connectivity index (χ3n) is 3.92. The van der Waals surface area contributed by atoms with Crippen LogP contribution in [0.2, 0.25) is 5.02 Å². The fourth-order valence-corrected chi connectivity index (χ4v) is 2.81. The summed E-state index contributed by atoms with van der Waals surface area (Å²) in [5.74, 6) is 0.182. The van der Waals surface area contributed by atoms with Crippen molar-refractivity contribution in [2.75, 3.05) is 5.32 Å². The van der Waals surface area contributed by atoms with Crippen LogP contribution in [0.4, 0.5) is 5.82 Å². The van der Waals surface area contributed by atoms with Gasteiger partial charge in [0.15, 0.2) is 5.82 Å². The predicted octanol–water partition coefficient (Wildman–Crippen LogP) is 3.42. The van der Waals surface area contributed by atoms with Crippen LogP contribution in [0.5, 0.6) is 0 Å². The van der Waals surface area contributed by atoms with E-state index in [0.717, 1.165) is 5.56 Å². The molecule has 0 bridgehead atoms. The molecule has 4 rings (SSSR count). The van der Waals surface area contributed by atoms with E-state index in [1.54, 1.807) is 40.1 Å². The number of amides is 1. The zero-order valence-electron chi connectivity index (χ0n) is 14.2. The largest absolute Gasteiger partial charge is 0.305 e. The Morgan fingerprint density at radius 1 is 1.11 bits per heavy atom. The Bertz CT molecular complexity index is 1070. The maximum Gasteiger partial charge on any atom is 0.260 e. The van der Waals surface area contributed by atoms with Gasteiger partial charge in [-0.2, -0.15) is 10.2 Å². The van der Waals surface area contributed by atoms with Crippen molar-refractivity contribution in [1.29, 1.82) is 0 Å². The molecule has 0 spiro atoms. The summed E-state index contributed by atoms with van der Waals surface area (Å²) in [5, 5.41) is 11.9. The monoisotopic (exact) mass is 378 g/mol. The standard InChI is InChI=1S/C19H15ClN6O/c20-16-3-1-2-4-17(16)26-13-15(11-22-26)19(27)23-18-7-10-25(24-18)12-14-5-8-21-9-6-14/h1-11,13H,12H2,(H,23,24,27). The summed E-state index contributed by atoms with van der Waals surface area (Å²) in [5.41, 5.74) is 2.20. The smallest absolute Gasteiger partial charge is 0.260 e. The molecule has 134 valence electrons. The Balaban J connectivity index is 1.45. The van der Waals surface area contributed by atoms with E-state index in [1.165, 1.54) is 6.20 Å². The minimum atomic E-state index is -0.289. The van der Waals surface area contributed by atoms with E-state index < -0.39 is 0 Å². The predicted molar refractivity (Wildman–Crippen MR) is 102 cm³/mol. The Hall–Kier alpha value is -3.45. The number of rotatable bonds is 5. The first-order valence-electron chi connectivity index (χ1n) is 8.22. The number of nitrogens with zero attached hydrogens (tertiary/aromatic N) is 5. The van der Waals surface area contributed by atoms with Crippen molar-refractivity contribution < 1.29 is 4.79 Å². The van der Waals surface area contributed by atoms with Crippen molar-refractivity contribution in [3.05, 3.63) is 89.6 Å². The van der Waals surface area contributed by atoms with Crippen LogP contribution in [0.15, 0.2) is 73.4 Å². The first-order chi connectivity index (χ1) is 13.2. The molecule has 0 aliphatic carbocycles. The third kappa shape index (κ3) is 3.88. The molecule has 0 unspecified atom stereocenters. The molecule has 1 amide bonds. The van der Waals surface area contributed by atoms with Gasteiger partial charge in [0.2, 0.25) is 0 Å². The molecule has 0 atom stereocenters. The number of para-hydroxylation sites is 1. The fraction of sp³-hybridized carbons (Fsp3) is 0.0526. The Labute approximate surface area is 160 Å². The second-order valence-corrected chi connectivity index (χ2v) is 6.24. The second-order valence-electron chi connectivity index (χ2n) is 5.83. The summed E-state index contributed by atoms with van der Waals surface area (Å²) < 4.78 is 3.32. The molecular formula is C19H15ClN6O. The van der Waals surface area contributed by atoms with Gasteiger partial charge in [-0.1, -0.05) is 23.7 Å². The van der Waals surface area contributed by atoms with E-state index in [1.807, 2.05) is 36.5 Å². The Morgan fingerprint density at radius 2 is 1.93 bits per heavy atom. The van der Waals surface area contributed by atoms with E-state index in [2.05, 4.69) is 20.5 Å². The molecule has 1 N–H and O–H groups in total. The zero-order chi connectivity index (χ0) is 18.6. The second kappa shape index (κ2) is 7.43. The van der Waals surface area contributed by atoms with Gasteiger partial charge in [0.1, 0.15) is 0 Å². The molecule has 3 aromatic heterocycles. The van der Waals surface area contributed by atoms with Crippen LogP contribution in [-0.4, -0.2) is 30.5 Å². The number of hydrogen-bond donors (Lipinski definition) is 1. The number of carbonyl (C=O) groups excluding carboxylic acids is 1. The van der Waals surface area contributed by atoms with Gasteiger partial charge in [-0.05, 0) is 29.8 Å². The molecule has 0 aliphatic rings. The average Bonchev–Trinajstić information content (AvgIpc) is 3.33. The molecule has 4 aromatic rings. The molecule has 0 saturated carbocycles. The van der Waals surface area contributed by atoms with Crippen molar-refractivity contribution in [3.8, 4) is 5.69 Å². The van der Waals surface area contributed by atoms with Crippen molar-refractivity contribution in [2.24, 2.45) is 0 Å². The Morgan fingerprint density at radius 3 is 2.74 bits per heavy atom. The van der Waals surface area contributed by atoms with Crippen molar-refractivity contribution in [3.63, 3.8) is 0 Å². The number of benzene rings is 1. The highest BCUT2D eigenvalue weighted by Gasteiger charge is 2.12. The SMILES string of the molecule is O=C(Nc1ccn(Cc2ccncc2)n1)c1cnn(-c2ccccc2Cl)c1. The number of hydrogen-bond acceptors (Lipinski definition) is 4. The van der Waals surface area contributed by atoms with Gasteiger partial charge >= 0.3 is 0 Å². The summed E-state index contributed by atoms with van der Waals surface area (Å²) in [6, 6.07) is 12.9. The number of anilines is 1. The lowest BCUT2D eigenvalue weighted by Gasteiger charge is -2.03. The minimum Gasteiger partial charge on any atom is -0.305 e. The van der Waals surface area contributed by atoms with Crippen LogP contribution in [0.3, 0.4) is 0 Å². The molecule has 0 saturated heterocycles. The topological polar surface area (TPSA) is 77.6 Å². The summed E-state index contributed by atoms with van der Waals surface area (Å²) in [4.78, 5) is 16.4. The first kappa shape index (κ1) is 17.0. The highest BCUT2D eigenvalue weighted by molar-refractivity contribution is 6.32. The lowest BCUT2D eigenvalue weighted by molar-refractivity contribution is 0.102. The van der Waals surface area contributed by atoms with E-state index in [4.69, 9.17) is 11.6 Å². The quantitative estimate of drug-likeness (QED) is 0.577. The van der Waals surface area contributed by atoms with Gasteiger partial charge in [-0.15, -0.1) is 0 Å². The highest BCUT2D eigenvalue weighted by Crippen LogP contribution is 2.19. The van der Waals surface area contributed by atoms with Crippen LogP contribution in [-0.2, 0) is 6.54 Å². The average molecular weight is 379 g/mol. The number of halogens is 1. The maximum atomic E-state index is 12.5. The molecule has 0 aliphatic heterocycles. The first-order valence-corrected chi connectivity index (χ1v) is 8.60. The summed E-state index contributed by atoms with van der Waals surface area (Å²) in [6.45, 7) is 0.600. The minimum absolute atomic E-state index is 0.289. The number of pyridine rings is 1. The molecule has 3 heterocycles. The number of nitrogens with one attached hydrogen (secondary N) is 1. The van der Waals surface area contributed by atoms with Crippen molar-refractivity contribution >= 4 is 23.3 Å². The molecule has 1 aromatic carbocycles. The van der Waals surface area contributed by atoms with Gasteiger partial charge in [-0.25, -0.2) is 4.68 Å². The normalized spacial score (nSPS) is 10.7. The molecule has 27 heavy (non-hydrogen) atoms. The Kier molecular flexibility index (Phi) is 4.67. The van der Waals surface area contributed by atoms with Crippen LogP contribution >= 0.6 is 11.6 Å². The van der Waals surface area contributed by atoms with Gasteiger partial charge < -0.3 is 5.32 Å². The van der Waals surface area contributed by atoms with Gasteiger partial charge in [0.05, 0.1) is 29.0 Å². The molecule has 0 fully saturated rings. The summed E-state index contributed by atoms with van der Waals surface area (Å²) in [7, 11) is 0. The van der Waals surface area contributed by atoms with Crippen molar-refractivity contribution in [2.45, 2.75) is 6.54 Å². The van der Waals surface area contributed by atoms with E-state index in [9.17, 15) is 4.79 Å². The van der Waals surface area contributed by atoms with Crippen LogP contribution < -0.4 is 5.32 Å². The van der Waals surface area contributed by atoms with Crippen LogP contribution in [0.25, 0.3) is 5.69 Å².